The molecule has 0 radical (unpaired) electrons. The zero-order valence-electron chi connectivity index (χ0n) is 22.5. The number of amides is 1. The third-order valence-corrected chi connectivity index (χ3v) is 6.99. The van der Waals surface area contributed by atoms with E-state index in [9.17, 15) is 14.0 Å². The van der Waals surface area contributed by atoms with Crippen molar-refractivity contribution in [3.8, 4) is 22.8 Å². The maximum Gasteiger partial charge on any atom is 0.310 e. The molecule has 0 saturated carbocycles. The van der Waals surface area contributed by atoms with Crippen LogP contribution in [0.1, 0.15) is 27.2 Å². The van der Waals surface area contributed by atoms with E-state index < -0.39 is 5.82 Å². The van der Waals surface area contributed by atoms with Gasteiger partial charge in [-0.15, -0.1) is 0 Å². The van der Waals surface area contributed by atoms with E-state index in [2.05, 4.69) is 15.3 Å². The van der Waals surface area contributed by atoms with Crippen LogP contribution in [0.4, 0.5) is 15.9 Å². The van der Waals surface area contributed by atoms with Gasteiger partial charge < -0.3 is 24.4 Å². The van der Waals surface area contributed by atoms with Gasteiger partial charge in [-0.05, 0) is 42.0 Å². The highest BCUT2D eigenvalue weighted by Crippen LogP contribution is 2.38. The van der Waals surface area contributed by atoms with Gasteiger partial charge in [0.15, 0.2) is 0 Å². The summed E-state index contributed by atoms with van der Waals surface area (Å²) in [4.78, 5) is 36.0. The first-order valence-electron chi connectivity index (χ1n) is 12.6. The Morgan fingerprint density at radius 1 is 1.07 bits per heavy atom. The highest BCUT2D eigenvalue weighted by atomic mass is 35.5. The van der Waals surface area contributed by atoms with E-state index in [1.165, 1.54) is 19.2 Å². The second-order valence-corrected chi connectivity index (χ2v) is 9.65. The Balaban J connectivity index is 1.52. The average molecular weight is 577 g/mol. The monoisotopic (exact) mass is 576 g/mol. The molecule has 0 saturated heterocycles. The molecule has 0 atom stereocenters. The Morgan fingerprint density at radius 3 is 2.59 bits per heavy atom. The summed E-state index contributed by atoms with van der Waals surface area (Å²) in [6.45, 7) is 0.432. The number of carbonyl (C=O) groups is 2. The number of nitrogens with one attached hydrogen (secondary N) is 1. The van der Waals surface area contributed by atoms with E-state index in [1.807, 2.05) is 6.07 Å². The van der Waals surface area contributed by atoms with Crippen LogP contribution in [-0.2, 0) is 29.0 Å². The number of nitrogens with zero attached hydrogens (tertiary/aromatic N) is 3. The summed E-state index contributed by atoms with van der Waals surface area (Å²) in [7, 11) is 4.44. The topological polar surface area (TPSA) is 103 Å². The first-order chi connectivity index (χ1) is 19.8. The Hall–Kier alpha value is -4.70. The molecule has 210 valence electrons. The van der Waals surface area contributed by atoms with Crippen LogP contribution in [0, 0.1) is 5.82 Å². The minimum atomic E-state index is -0.537. The van der Waals surface area contributed by atoms with Gasteiger partial charge in [-0.3, -0.25) is 9.59 Å². The van der Waals surface area contributed by atoms with E-state index in [1.54, 1.807) is 61.7 Å². The predicted octanol–water partition coefficient (Wildman–Crippen LogP) is 5.57. The maximum absolute atomic E-state index is 14.9. The minimum absolute atomic E-state index is 0.0760. The van der Waals surface area contributed by atoms with Crippen LogP contribution in [0.15, 0.2) is 60.8 Å². The van der Waals surface area contributed by atoms with Gasteiger partial charge in [-0.25, -0.2) is 14.4 Å². The molecule has 3 heterocycles. The molecule has 0 spiro atoms. The second kappa shape index (κ2) is 11.8. The zero-order chi connectivity index (χ0) is 29.1. The van der Waals surface area contributed by atoms with Crippen LogP contribution in [0.25, 0.3) is 11.3 Å². The molecule has 2 aromatic carbocycles. The fourth-order valence-electron chi connectivity index (χ4n) is 4.63. The molecule has 9 nitrogen and oxygen atoms in total. The van der Waals surface area contributed by atoms with Gasteiger partial charge in [0.05, 0.1) is 74.1 Å². The lowest BCUT2D eigenvalue weighted by molar-refractivity contribution is -0.139. The number of hydrogen-bond acceptors (Lipinski definition) is 8. The molecule has 1 amide bonds. The number of methoxy groups -OCH3 is 3. The standard InChI is InChI=1S/C30H26ClFN4O5/c1-39-19-9-8-18(25(12-19)40-2)15-36-16-24-29(30(36)38)23(13-22(34-24)28-20(31)5-4-6-21(28)32)35-26-10-7-17(14-33-26)11-27(37)41-3/h4-10,12-14H,11,15-16H2,1-3H3,(H,33,34,35). The number of pyridine rings is 2. The van der Waals surface area contributed by atoms with Gasteiger partial charge in [0.1, 0.15) is 23.1 Å². The molecule has 1 N–H and O–H groups in total. The van der Waals surface area contributed by atoms with Crippen LogP contribution in [0.5, 0.6) is 11.5 Å². The summed E-state index contributed by atoms with van der Waals surface area (Å²) in [5, 5.41) is 3.37. The summed E-state index contributed by atoms with van der Waals surface area (Å²) in [6, 6.07) is 14.8. The fourth-order valence-corrected chi connectivity index (χ4v) is 4.89. The summed E-state index contributed by atoms with van der Waals surface area (Å²) >= 11 is 6.37. The van der Waals surface area contributed by atoms with Crippen LogP contribution in [0.2, 0.25) is 5.02 Å². The first-order valence-corrected chi connectivity index (χ1v) is 13.0. The third kappa shape index (κ3) is 5.78. The van der Waals surface area contributed by atoms with Gasteiger partial charge in [-0.2, -0.15) is 0 Å². The van der Waals surface area contributed by atoms with Gasteiger partial charge in [0, 0.05) is 17.8 Å². The number of carbonyl (C=O) groups excluding carboxylic acids is 2. The zero-order valence-corrected chi connectivity index (χ0v) is 23.3. The number of anilines is 2. The number of fused-ring (bicyclic) bond motifs is 1. The summed E-state index contributed by atoms with van der Waals surface area (Å²) in [5.74, 6) is 0.443. The van der Waals surface area contributed by atoms with Gasteiger partial charge in [0.2, 0.25) is 0 Å². The van der Waals surface area contributed by atoms with Gasteiger partial charge in [-0.1, -0.05) is 23.7 Å². The Kier molecular flexibility index (Phi) is 8.02. The van der Waals surface area contributed by atoms with Crippen molar-refractivity contribution in [2.24, 2.45) is 0 Å². The molecule has 11 heteroatoms. The molecule has 0 bridgehead atoms. The SMILES string of the molecule is COC(=O)Cc1ccc(Nc2cc(-c3c(F)cccc3Cl)nc3c2C(=O)N(Cc2ccc(OC)cc2OC)C3)nc1. The van der Waals surface area contributed by atoms with Crippen LogP contribution < -0.4 is 14.8 Å². The Morgan fingerprint density at radius 2 is 1.90 bits per heavy atom. The van der Waals surface area contributed by atoms with Crippen molar-refractivity contribution < 1.29 is 28.2 Å². The third-order valence-electron chi connectivity index (χ3n) is 6.67. The van der Waals surface area contributed by atoms with Crippen molar-refractivity contribution in [1.82, 2.24) is 14.9 Å². The Labute approximate surface area is 240 Å². The maximum atomic E-state index is 14.9. The van der Waals surface area contributed by atoms with Gasteiger partial charge >= 0.3 is 5.97 Å². The lowest BCUT2D eigenvalue weighted by atomic mass is 10.1. The summed E-state index contributed by atoms with van der Waals surface area (Å²) in [6.07, 6.45) is 1.62. The normalized spacial score (nSPS) is 12.2. The molecule has 0 fully saturated rings. The van der Waals surface area contributed by atoms with E-state index in [0.717, 1.165) is 5.56 Å². The van der Waals surface area contributed by atoms with Crippen molar-refractivity contribution in [1.29, 1.82) is 0 Å². The molecule has 41 heavy (non-hydrogen) atoms. The molecule has 4 aromatic rings. The highest BCUT2D eigenvalue weighted by Gasteiger charge is 2.33. The van der Waals surface area contributed by atoms with Crippen LogP contribution in [-0.4, -0.2) is 48.1 Å². The van der Waals surface area contributed by atoms with E-state index in [0.29, 0.717) is 39.8 Å². The molecular formula is C30H26ClFN4O5. The molecule has 0 unspecified atom stereocenters. The molecule has 0 aliphatic carbocycles. The van der Waals surface area contributed by atoms with Gasteiger partial charge in [0.25, 0.3) is 5.91 Å². The van der Waals surface area contributed by atoms with Crippen LogP contribution in [0.3, 0.4) is 0 Å². The number of esters is 1. The molecule has 1 aliphatic heterocycles. The average Bonchev–Trinajstić information content (AvgIpc) is 3.28. The van der Waals surface area contributed by atoms with E-state index in [-0.39, 0.29) is 47.7 Å². The first kappa shape index (κ1) is 27.9. The lowest BCUT2D eigenvalue weighted by Crippen LogP contribution is -2.24. The van der Waals surface area contributed by atoms with Crippen molar-refractivity contribution >= 4 is 35.0 Å². The summed E-state index contributed by atoms with van der Waals surface area (Å²) < 4.78 is 30.4. The largest absolute Gasteiger partial charge is 0.497 e. The predicted molar refractivity (Wildman–Crippen MR) is 151 cm³/mol. The molecular weight excluding hydrogens is 551 g/mol. The fraction of sp³-hybridized carbons (Fsp3) is 0.200. The minimum Gasteiger partial charge on any atom is -0.497 e. The number of aromatic nitrogens is 2. The van der Waals surface area contributed by atoms with Crippen LogP contribution >= 0.6 is 11.6 Å². The quantitative estimate of drug-likeness (QED) is 0.258. The molecule has 1 aliphatic rings. The van der Waals surface area contributed by atoms with E-state index in [4.69, 9.17) is 25.8 Å². The van der Waals surface area contributed by atoms with Crippen molar-refractivity contribution in [3.05, 3.63) is 94.0 Å². The molecule has 5 rings (SSSR count). The highest BCUT2D eigenvalue weighted by molar-refractivity contribution is 6.33. The number of ether oxygens (including phenoxy) is 3. The van der Waals surface area contributed by atoms with Crippen molar-refractivity contribution in [2.45, 2.75) is 19.5 Å². The van der Waals surface area contributed by atoms with Crippen molar-refractivity contribution in [3.63, 3.8) is 0 Å². The number of benzene rings is 2. The number of halogens is 2. The number of rotatable bonds is 9. The second-order valence-electron chi connectivity index (χ2n) is 9.24. The van der Waals surface area contributed by atoms with Crippen molar-refractivity contribution in [2.75, 3.05) is 26.6 Å². The summed E-state index contributed by atoms with van der Waals surface area (Å²) in [5.41, 5.74) is 3.04. The lowest BCUT2D eigenvalue weighted by Gasteiger charge is -2.18. The van der Waals surface area contributed by atoms with E-state index >= 15 is 0 Å². The number of hydrogen-bond donors (Lipinski definition) is 1. The molecule has 2 aromatic heterocycles. The smallest absolute Gasteiger partial charge is 0.310 e. The Bertz CT molecular complexity index is 1610.